The number of nitrogens with zero attached hydrogens (tertiary/aromatic N) is 2. The molecule has 1 saturated carbocycles. The van der Waals surface area contributed by atoms with Gasteiger partial charge in [-0.1, -0.05) is 0 Å². The Labute approximate surface area is 132 Å². The number of nitrogens with one attached hydrogen (secondary N) is 1. The molecule has 5 nitrogen and oxygen atoms in total. The highest BCUT2D eigenvalue weighted by molar-refractivity contribution is 5.93. The van der Waals surface area contributed by atoms with E-state index >= 15 is 0 Å². The molecule has 1 saturated heterocycles. The van der Waals surface area contributed by atoms with Crippen molar-refractivity contribution in [3.05, 3.63) is 17.5 Å². The number of hydrogen-bond acceptors (Lipinski definition) is 3. The van der Waals surface area contributed by atoms with Crippen LogP contribution in [0.25, 0.3) is 0 Å². The molecule has 122 valence electrons. The summed E-state index contributed by atoms with van der Waals surface area (Å²) in [5, 5.41) is 7.79. The highest BCUT2D eigenvalue weighted by Crippen LogP contribution is 2.40. The van der Waals surface area contributed by atoms with Crippen LogP contribution in [-0.4, -0.2) is 34.4 Å². The minimum atomic E-state index is -0.201. The molecule has 2 heterocycles. The molecule has 5 heteroatoms. The van der Waals surface area contributed by atoms with Gasteiger partial charge in [-0.05, 0) is 59.4 Å². The van der Waals surface area contributed by atoms with Gasteiger partial charge in [0.2, 0.25) is 0 Å². The third-order valence-corrected chi connectivity index (χ3v) is 4.47. The highest BCUT2D eigenvalue weighted by atomic mass is 16.5. The van der Waals surface area contributed by atoms with E-state index in [0.29, 0.717) is 11.6 Å². The standard InChI is InChI=1S/C17H27N3O2/c1-11(15-6-5-9-22-15)18-16(21)14-10-13(12-7-8-12)19-20(14)17(2,3)4/h10-12,15H,5-9H2,1-4H3,(H,18,21). The van der Waals surface area contributed by atoms with Gasteiger partial charge in [-0.2, -0.15) is 5.10 Å². The molecule has 1 aromatic rings. The van der Waals surface area contributed by atoms with Crippen molar-refractivity contribution in [2.75, 3.05) is 6.61 Å². The second-order valence-electron chi connectivity index (χ2n) is 7.62. The van der Waals surface area contributed by atoms with Crippen LogP contribution < -0.4 is 5.32 Å². The molecule has 1 aromatic heterocycles. The van der Waals surface area contributed by atoms with Crippen molar-refractivity contribution >= 4 is 5.91 Å². The van der Waals surface area contributed by atoms with Crippen molar-refractivity contribution in [1.82, 2.24) is 15.1 Å². The van der Waals surface area contributed by atoms with E-state index in [1.807, 2.05) is 17.7 Å². The lowest BCUT2D eigenvalue weighted by atomic mass is 10.1. The summed E-state index contributed by atoms with van der Waals surface area (Å²) in [5.74, 6) is 0.503. The molecule has 0 spiro atoms. The first kappa shape index (κ1) is 15.5. The first-order chi connectivity index (χ1) is 10.4. The molecule has 0 aromatic carbocycles. The third kappa shape index (κ3) is 3.19. The predicted octanol–water partition coefficient (Wildman–Crippen LogP) is 2.81. The monoisotopic (exact) mass is 305 g/mol. The van der Waals surface area contributed by atoms with Crippen LogP contribution in [-0.2, 0) is 10.3 Å². The summed E-state index contributed by atoms with van der Waals surface area (Å²) in [7, 11) is 0. The first-order valence-corrected chi connectivity index (χ1v) is 8.39. The van der Waals surface area contributed by atoms with Gasteiger partial charge in [-0.25, -0.2) is 0 Å². The number of carbonyl (C=O) groups excluding carboxylic acids is 1. The van der Waals surface area contributed by atoms with Crippen LogP contribution in [0.1, 0.15) is 75.5 Å². The smallest absolute Gasteiger partial charge is 0.269 e. The van der Waals surface area contributed by atoms with E-state index in [9.17, 15) is 4.79 Å². The van der Waals surface area contributed by atoms with Gasteiger partial charge in [0, 0.05) is 12.5 Å². The normalized spacial score (nSPS) is 23.5. The number of carbonyl (C=O) groups is 1. The summed E-state index contributed by atoms with van der Waals surface area (Å²) >= 11 is 0. The molecular formula is C17H27N3O2. The molecule has 1 aliphatic carbocycles. The minimum Gasteiger partial charge on any atom is -0.376 e. The average molecular weight is 305 g/mol. The van der Waals surface area contributed by atoms with Crippen molar-refractivity contribution < 1.29 is 9.53 Å². The van der Waals surface area contributed by atoms with Crippen LogP contribution in [0, 0.1) is 0 Å². The Kier molecular flexibility index (Phi) is 4.02. The summed E-state index contributed by atoms with van der Waals surface area (Å²) in [6, 6.07) is 2.00. The zero-order valence-electron chi connectivity index (χ0n) is 14.1. The second-order valence-corrected chi connectivity index (χ2v) is 7.62. The Balaban J connectivity index is 1.78. The Hall–Kier alpha value is -1.36. The number of hydrogen-bond donors (Lipinski definition) is 1. The average Bonchev–Trinajstić information content (AvgIpc) is 2.98. The molecule has 0 radical (unpaired) electrons. The lowest BCUT2D eigenvalue weighted by molar-refractivity contribution is 0.0702. The van der Waals surface area contributed by atoms with E-state index in [4.69, 9.17) is 9.84 Å². The van der Waals surface area contributed by atoms with E-state index < -0.39 is 0 Å². The second kappa shape index (κ2) is 5.69. The molecule has 3 rings (SSSR count). The molecule has 0 bridgehead atoms. The fraction of sp³-hybridized carbons (Fsp3) is 0.765. The lowest BCUT2D eigenvalue weighted by Crippen LogP contribution is -2.42. The summed E-state index contributed by atoms with van der Waals surface area (Å²) in [6.45, 7) is 9.06. The van der Waals surface area contributed by atoms with Gasteiger partial charge in [0.1, 0.15) is 5.69 Å². The topological polar surface area (TPSA) is 56.2 Å². The molecule has 1 aliphatic heterocycles. The van der Waals surface area contributed by atoms with Crippen LogP contribution >= 0.6 is 0 Å². The Bertz CT molecular complexity index is 549. The van der Waals surface area contributed by atoms with Gasteiger partial charge < -0.3 is 10.1 Å². The number of rotatable bonds is 4. The zero-order chi connectivity index (χ0) is 15.9. The van der Waals surface area contributed by atoms with Gasteiger partial charge in [0.25, 0.3) is 5.91 Å². The van der Waals surface area contributed by atoms with Gasteiger partial charge in [-0.3, -0.25) is 9.48 Å². The van der Waals surface area contributed by atoms with E-state index in [2.05, 4.69) is 26.1 Å². The predicted molar refractivity (Wildman–Crippen MR) is 85.1 cm³/mol. The third-order valence-electron chi connectivity index (χ3n) is 4.47. The van der Waals surface area contributed by atoms with Crippen LogP contribution in [0.5, 0.6) is 0 Å². The maximum Gasteiger partial charge on any atom is 0.269 e. The fourth-order valence-corrected chi connectivity index (χ4v) is 3.02. The molecule has 2 aliphatic rings. The van der Waals surface area contributed by atoms with E-state index in [1.165, 1.54) is 12.8 Å². The molecule has 1 amide bonds. The van der Waals surface area contributed by atoms with Crippen molar-refractivity contribution in [1.29, 1.82) is 0 Å². The maximum atomic E-state index is 12.7. The Morgan fingerprint density at radius 1 is 1.41 bits per heavy atom. The SMILES string of the molecule is CC(NC(=O)c1cc(C2CC2)nn1C(C)(C)C)C1CCCO1. The molecule has 2 fully saturated rings. The molecule has 2 atom stereocenters. The van der Waals surface area contributed by atoms with Gasteiger partial charge >= 0.3 is 0 Å². The van der Waals surface area contributed by atoms with Crippen molar-refractivity contribution in [3.63, 3.8) is 0 Å². The highest BCUT2D eigenvalue weighted by Gasteiger charge is 2.32. The van der Waals surface area contributed by atoms with E-state index in [0.717, 1.165) is 25.1 Å². The van der Waals surface area contributed by atoms with Crippen molar-refractivity contribution in [2.24, 2.45) is 0 Å². The molecular weight excluding hydrogens is 278 g/mol. The van der Waals surface area contributed by atoms with E-state index in [-0.39, 0.29) is 23.6 Å². The van der Waals surface area contributed by atoms with Gasteiger partial charge in [0.05, 0.1) is 23.4 Å². The number of aromatic nitrogens is 2. The lowest BCUT2D eigenvalue weighted by Gasteiger charge is -2.24. The zero-order valence-corrected chi connectivity index (χ0v) is 14.1. The maximum absolute atomic E-state index is 12.7. The Morgan fingerprint density at radius 2 is 2.14 bits per heavy atom. The van der Waals surface area contributed by atoms with Crippen LogP contribution in [0.15, 0.2) is 6.07 Å². The van der Waals surface area contributed by atoms with Crippen molar-refractivity contribution in [2.45, 2.75) is 77.0 Å². The minimum absolute atomic E-state index is 0.0303. The van der Waals surface area contributed by atoms with Gasteiger partial charge in [-0.15, -0.1) is 0 Å². The fourth-order valence-electron chi connectivity index (χ4n) is 3.02. The summed E-state index contributed by atoms with van der Waals surface area (Å²) in [6.07, 6.45) is 4.62. The quantitative estimate of drug-likeness (QED) is 0.930. The van der Waals surface area contributed by atoms with Crippen LogP contribution in [0.4, 0.5) is 0 Å². The largest absolute Gasteiger partial charge is 0.376 e. The summed E-state index contributed by atoms with van der Waals surface area (Å²) in [5.41, 5.74) is 1.52. The van der Waals surface area contributed by atoms with E-state index in [1.54, 1.807) is 0 Å². The number of amides is 1. The molecule has 22 heavy (non-hydrogen) atoms. The van der Waals surface area contributed by atoms with Crippen LogP contribution in [0.2, 0.25) is 0 Å². The first-order valence-electron chi connectivity index (χ1n) is 8.39. The molecule has 1 N–H and O–H groups in total. The Morgan fingerprint density at radius 3 is 2.68 bits per heavy atom. The van der Waals surface area contributed by atoms with Gasteiger partial charge in [0.15, 0.2) is 0 Å². The summed E-state index contributed by atoms with van der Waals surface area (Å²) < 4.78 is 7.54. The molecule has 2 unspecified atom stereocenters. The van der Waals surface area contributed by atoms with Crippen LogP contribution in [0.3, 0.4) is 0 Å². The van der Waals surface area contributed by atoms with Crippen molar-refractivity contribution in [3.8, 4) is 0 Å². The summed E-state index contributed by atoms with van der Waals surface area (Å²) in [4.78, 5) is 12.7. The number of ether oxygens (including phenoxy) is 1.